The lowest BCUT2D eigenvalue weighted by atomic mass is 10.1. The van der Waals surface area contributed by atoms with Crippen molar-refractivity contribution in [3.8, 4) is 0 Å². The Kier molecular flexibility index (Phi) is 7.80. The Morgan fingerprint density at radius 2 is 1.56 bits per heavy atom. The summed E-state index contributed by atoms with van der Waals surface area (Å²) in [5.41, 5.74) is 2.95. The van der Waals surface area contributed by atoms with Crippen LogP contribution in [0.2, 0.25) is 5.02 Å². The largest absolute Gasteiger partial charge is 0.473 e. The topological polar surface area (TPSA) is 127 Å². The molecule has 168 valence electrons. The van der Waals surface area contributed by atoms with E-state index in [4.69, 9.17) is 31.4 Å². The first-order valence-electron chi connectivity index (χ1n) is 9.97. The van der Waals surface area contributed by atoms with Crippen LogP contribution in [0.1, 0.15) is 11.4 Å². The van der Waals surface area contributed by atoms with Gasteiger partial charge in [-0.25, -0.2) is 14.6 Å². The lowest BCUT2D eigenvalue weighted by molar-refractivity contribution is -0.159. The molecule has 3 N–H and O–H groups in total. The number of carboxylic acids is 2. The van der Waals surface area contributed by atoms with Crippen LogP contribution in [-0.2, 0) is 27.3 Å². The molecular weight excluding hydrogens is 436 g/mol. The van der Waals surface area contributed by atoms with E-state index < -0.39 is 11.9 Å². The molecule has 0 saturated carbocycles. The van der Waals surface area contributed by atoms with Gasteiger partial charge < -0.3 is 20.1 Å². The number of rotatable bonds is 4. The number of amides is 1. The summed E-state index contributed by atoms with van der Waals surface area (Å²) in [6.45, 7) is 3.96. The maximum Gasteiger partial charge on any atom is 0.414 e. The van der Waals surface area contributed by atoms with Crippen LogP contribution in [0.15, 0.2) is 48.5 Å². The van der Waals surface area contributed by atoms with Crippen LogP contribution in [0.25, 0.3) is 11.0 Å². The van der Waals surface area contributed by atoms with Crippen molar-refractivity contribution >= 4 is 40.5 Å². The minimum absolute atomic E-state index is 0.140. The second-order valence-corrected chi connectivity index (χ2v) is 7.64. The standard InChI is InChI=1S/C20H21ClN4O.C2H2O4/c21-16-6-2-1-5-15(16)13-20(26)25-11-9-24(10-12-25)14-19-22-17-7-3-4-8-18(17)23-19;3-1(4)2(5)6/h1-8H,9-14H2,(H,22,23);(H,3,4)(H,5,6). The number of carbonyl (C=O) groups excluding carboxylic acids is 1. The van der Waals surface area contributed by atoms with Gasteiger partial charge in [0.15, 0.2) is 0 Å². The van der Waals surface area contributed by atoms with Crippen LogP contribution in [0.3, 0.4) is 0 Å². The molecule has 0 spiro atoms. The number of H-pyrrole nitrogens is 1. The smallest absolute Gasteiger partial charge is 0.414 e. The van der Waals surface area contributed by atoms with Crippen molar-refractivity contribution in [1.29, 1.82) is 0 Å². The quantitative estimate of drug-likeness (QED) is 0.512. The Bertz CT molecular complexity index is 1060. The number of carbonyl (C=O) groups is 3. The second-order valence-electron chi connectivity index (χ2n) is 7.24. The Morgan fingerprint density at radius 1 is 0.938 bits per heavy atom. The van der Waals surface area contributed by atoms with Gasteiger partial charge in [0.1, 0.15) is 5.82 Å². The molecule has 0 unspecified atom stereocenters. The third-order valence-electron chi connectivity index (χ3n) is 5.02. The summed E-state index contributed by atoms with van der Waals surface area (Å²) in [6, 6.07) is 15.6. The zero-order valence-electron chi connectivity index (χ0n) is 17.2. The van der Waals surface area contributed by atoms with Gasteiger partial charge in [-0.05, 0) is 23.8 Å². The number of benzene rings is 2. The number of nitrogens with one attached hydrogen (secondary N) is 1. The first kappa shape index (κ1) is 23.2. The van der Waals surface area contributed by atoms with E-state index in [0.717, 1.165) is 55.1 Å². The lowest BCUT2D eigenvalue weighted by Gasteiger charge is -2.34. The van der Waals surface area contributed by atoms with E-state index in [0.29, 0.717) is 11.4 Å². The third-order valence-corrected chi connectivity index (χ3v) is 5.39. The van der Waals surface area contributed by atoms with Crippen molar-refractivity contribution in [2.45, 2.75) is 13.0 Å². The summed E-state index contributed by atoms with van der Waals surface area (Å²) in [4.78, 5) is 43.0. The molecule has 1 aliphatic rings. The van der Waals surface area contributed by atoms with Crippen LogP contribution in [-0.4, -0.2) is 74.0 Å². The van der Waals surface area contributed by atoms with Gasteiger partial charge in [-0.1, -0.05) is 41.9 Å². The summed E-state index contributed by atoms with van der Waals surface area (Å²) in [6.07, 6.45) is 0.364. The number of aromatic amines is 1. The third kappa shape index (κ3) is 6.29. The Morgan fingerprint density at radius 3 is 2.19 bits per heavy atom. The van der Waals surface area contributed by atoms with Gasteiger partial charge in [0.05, 0.1) is 24.0 Å². The molecule has 1 fully saturated rings. The molecule has 0 radical (unpaired) electrons. The van der Waals surface area contributed by atoms with Crippen molar-refractivity contribution in [1.82, 2.24) is 19.8 Å². The predicted octanol–water partition coefficient (Wildman–Crippen LogP) is 2.26. The number of fused-ring (bicyclic) bond motifs is 1. The first-order chi connectivity index (χ1) is 15.3. The lowest BCUT2D eigenvalue weighted by Crippen LogP contribution is -2.48. The number of aromatic nitrogens is 2. The highest BCUT2D eigenvalue weighted by atomic mass is 35.5. The summed E-state index contributed by atoms with van der Waals surface area (Å²) in [5, 5.41) is 15.4. The van der Waals surface area contributed by atoms with Gasteiger partial charge in [-0.2, -0.15) is 0 Å². The van der Waals surface area contributed by atoms with Crippen LogP contribution in [0.5, 0.6) is 0 Å². The molecular formula is C22H23ClN4O5. The minimum atomic E-state index is -1.82. The van der Waals surface area contributed by atoms with Crippen LogP contribution in [0.4, 0.5) is 0 Å². The van der Waals surface area contributed by atoms with Crippen molar-refractivity contribution < 1.29 is 24.6 Å². The fraction of sp³-hybridized carbons (Fsp3) is 0.273. The molecule has 1 aromatic heterocycles. The summed E-state index contributed by atoms with van der Waals surface area (Å²) >= 11 is 6.16. The molecule has 2 aromatic carbocycles. The van der Waals surface area contributed by atoms with Gasteiger partial charge in [0.2, 0.25) is 5.91 Å². The number of imidazole rings is 1. The molecule has 1 amide bonds. The molecule has 0 bridgehead atoms. The molecule has 4 rings (SSSR count). The van der Waals surface area contributed by atoms with E-state index in [9.17, 15) is 4.79 Å². The molecule has 10 heteroatoms. The zero-order valence-corrected chi connectivity index (χ0v) is 18.0. The number of para-hydroxylation sites is 2. The monoisotopic (exact) mass is 458 g/mol. The average Bonchev–Trinajstić information content (AvgIpc) is 3.18. The zero-order chi connectivity index (χ0) is 23.1. The normalized spacial score (nSPS) is 14.0. The van der Waals surface area contributed by atoms with Gasteiger partial charge in [0, 0.05) is 31.2 Å². The van der Waals surface area contributed by atoms with Crippen LogP contribution >= 0.6 is 11.6 Å². The highest BCUT2D eigenvalue weighted by Gasteiger charge is 2.22. The molecule has 2 heterocycles. The van der Waals surface area contributed by atoms with E-state index in [2.05, 4.69) is 14.9 Å². The average molecular weight is 459 g/mol. The number of halogens is 1. The number of hydrogen-bond acceptors (Lipinski definition) is 5. The maximum absolute atomic E-state index is 12.5. The molecule has 1 saturated heterocycles. The van der Waals surface area contributed by atoms with Crippen molar-refractivity contribution in [3.63, 3.8) is 0 Å². The second kappa shape index (κ2) is 10.7. The van der Waals surface area contributed by atoms with Gasteiger partial charge in [0.25, 0.3) is 0 Å². The van der Waals surface area contributed by atoms with Gasteiger partial charge in [-0.3, -0.25) is 9.69 Å². The van der Waals surface area contributed by atoms with Gasteiger partial charge >= 0.3 is 11.9 Å². The van der Waals surface area contributed by atoms with E-state index >= 15 is 0 Å². The molecule has 1 aliphatic heterocycles. The Hall–Kier alpha value is -3.43. The van der Waals surface area contributed by atoms with Crippen molar-refractivity contribution in [2.24, 2.45) is 0 Å². The van der Waals surface area contributed by atoms with Crippen molar-refractivity contribution in [3.05, 3.63) is 64.9 Å². The van der Waals surface area contributed by atoms with E-state index in [-0.39, 0.29) is 5.91 Å². The summed E-state index contributed by atoms with van der Waals surface area (Å²) < 4.78 is 0. The summed E-state index contributed by atoms with van der Waals surface area (Å²) in [7, 11) is 0. The Labute approximate surface area is 189 Å². The van der Waals surface area contributed by atoms with Crippen LogP contribution in [0, 0.1) is 0 Å². The Balaban J connectivity index is 0.000000427. The van der Waals surface area contributed by atoms with Crippen molar-refractivity contribution in [2.75, 3.05) is 26.2 Å². The first-order valence-corrected chi connectivity index (χ1v) is 10.3. The number of piperazine rings is 1. The molecule has 3 aromatic rings. The number of hydrogen-bond donors (Lipinski definition) is 3. The van der Waals surface area contributed by atoms with E-state index in [1.165, 1.54) is 0 Å². The highest BCUT2D eigenvalue weighted by Crippen LogP contribution is 2.17. The molecule has 9 nitrogen and oxygen atoms in total. The fourth-order valence-corrected chi connectivity index (χ4v) is 3.57. The van der Waals surface area contributed by atoms with E-state index in [1.54, 1.807) is 0 Å². The fourth-order valence-electron chi connectivity index (χ4n) is 3.36. The molecule has 32 heavy (non-hydrogen) atoms. The van der Waals surface area contributed by atoms with E-state index in [1.807, 2.05) is 53.4 Å². The predicted molar refractivity (Wildman–Crippen MR) is 118 cm³/mol. The number of aliphatic carboxylic acids is 2. The molecule has 0 aliphatic carbocycles. The highest BCUT2D eigenvalue weighted by molar-refractivity contribution is 6.31. The van der Waals surface area contributed by atoms with Gasteiger partial charge in [-0.15, -0.1) is 0 Å². The maximum atomic E-state index is 12.5. The SMILES string of the molecule is O=C(Cc1ccccc1Cl)N1CCN(Cc2nc3ccccc3[nH]2)CC1.O=C(O)C(=O)O. The summed E-state index contributed by atoms with van der Waals surface area (Å²) in [5.74, 6) is -2.53. The number of carboxylic acid groups (broad SMARTS) is 2. The minimum Gasteiger partial charge on any atom is -0.473 e. The number of nitrogens with zero attached hydrogens (tertiary/aromatic N) is 3. The van der Waals surface area contributed by atoms with Crippen LogP contribution < -0.4 is 0 Å². The molecule has 0 atom stereocenters.